The van der Waals surface area contributed by atoms with Gasteiger partial charge in [0.1, 0.15) is 11.5 Å². The van der Waals surface area contributed by atoms with Crippen molar-refractivity contribution in [1.82, 2.24) is 0 Å². The van der Waals surface area contributed by atoms with Crippen LogP contribution in [0, 0.1) is 0 Å². The number of esters is 2. The Morgan fingerprint density at radius 2 is 1.54 bits per heavy atom. The van der Waals surface area contributed by atoms with Gasteiger partial charge in [-0.15, -0.1) is 0 Å². The molecule has 2 unspecified atom stereocenters. The molecule has 0 radical (unpaired) electrons. The monoisotopic (exact) mass is 374 g/mol. The molecule has 28 heavy (non-hydrogen) atoms. The molecule has 0 spiro atoms. The zero-order valence-corrected chi connectivity index (χ0v) is 16.3. The normalized spacial score (nSPS) is 21.5. The smallest absolute Gasteiger partial charge is 0.338 e. The van der Waals surface area contributed by atoms with Crippen molar-refractivity contribution in [1.29, 1.82) is 0 Å². The van der Waals surface area contributed by atoms with Gasteiger partial charge in [-0.2, -0.15) is 0 Å². The van der Waals surface area contributed by atoms with Gasteiger partial charge >= 0.3 is 11.9 Å². The second kappa shape index (κ2) is 6.20. The number of carbonyl (C=O) groups excluding carboxylic acids is 2. The lowest BCUT2D eigenvalue weighted by Crippen LogP contribution is -2.19. The summed E-state index contributed by atoms with van der Waals surface area (Å²) in [5.41, 5.74) is 2.22. The summed E-state index contributed by atoms with van der Waals surface area (Å²) in [6, 6.07) is 7.52. The average Bonchev–Trinajstić information content (AvgIpc) is 3.17. The second-order valence-corrected chi connectivity index (χ2v) is 7.92. The Kier molecular flexibility index (Phi) is 4.03. The van der Waals surface area contributed by atoms with E-state index in [-0.39, 0.29) is 11.3 Å². The van der Waals surface area contributed by atoms with Crippen molar-refractivity contribution in [2.45, 2.75) is 38.5 Å². The van der Waals surface area contributed by atoms with Crippen molar-refractivity contribution >= 4 is 22.7 Å². The van der Waals surface area contributed by atoms with Gasteiger partial charge in [0.2, 0.25) is 0 Å². The number of hydrogen-bond donors (Lipinski definition) is 0. The first-order valence-corrected chi connectivity index (χ1v) is 9.27. The second-order valence-electron chi connectivity index (χ2n) is 7.92. The van der Waals surface area contributed by atoms with E-state index in [0.29, 0.717) is 22.6 Å². The van der Waals surface area contributed by atoms with Crippen LogP contribution in [0.5, 0.6) is 11.5 Å². The molecule has 0 heterocycles. The lowest BCUT2D eigenvalue weighted by atomic mass is 9.82. The van der Waals surface area contributed by atoms with E-state index >= 15 is 0 Å². The number of benzene rings is 2. The molecule has 4 nitrogen and oxygen atoms in total. The molecule has 2 aliphatic rings. The van der Waals surface area contributed by atoms with Gasteiger partial charge in [-0.05, 0) is 20.3 Å². The van der Waals surface area contributed by atoms with Crippen molar-refractivity contribution in [3.05, 3.63) is 71.8 Å². The molecule has 0 saturated heterocycles. The summed E-state index contributed by atoms with van der Waals surface area (Å²) < 4.78 is 11.6. The van der Waals surface area contributed by atoms with E-state index in [9.17, 15) is 9.59 Å². The SMILES string of the molecule is C=C(C)C(=O)Oc1c2c(c(OC(=O)C(=C)C)c3ccccc13)C1(C)C=CC2C1. The lowest BCUT2D eigenvalue weighted by Gasteiger charge is -2.26. The van der Waals surface area contributed by atoms with Crippen molar-refractivity contribution in [3.8, 4) is 11.5 Å². The standard InChI is InChI=1S/C24H22O4/c1-13(2)22(25)27-20-16-8-6-7-9-17(16)21(28-23(26)14(3)4)19-18(20)15-10-11-24(19,5)12-15/h6-11,15H,1,3,12H2,2,4-5H3. The van der Waals surface area contributed by atoms with Crippen LogP contribution in [0.3, 0.4) is 0 Å². The van der Waals surface area contributed by atoms with Crippen LogP contribution in [0.15, 0.2) is 60.7 Å². The lowest BCUT2D eigenvalue weighted by molar-refractivity contribution is -0.131. The summed E-state index contributed by atoms with van der Waals surface area (Å²) in [7, 11) is 0. The van der Waals surface area contributed by atoms with Crippen molar-refractivity contribution in [2.24, 2.45) is 0 Å². The first kappa shape index (κ1) is 18.2. The van der Waals surface area contributed by atoms with Gasteiger partial charge in [0.05, 0.1) is 0 Å². The predicted octanol–water partition coefficient (Wildman–Crippen LogP) is 5.12. The summed E-state index contributed by atoms with van der Waals surface area (Å²) in [6.45, 7) is 12.8. The third-order valence-corrected chi connectivity index (χ3v) is 5.53. The van der Waals surface area contributed by atoms with Crippen LogP contribution in [-0.4, -0.2) is 11.9 Å². The number of rotatable bonds is 4. The van der Waals surface area contributed by atoms with Crippen LogP contribution >= 0.6 is 0 Å². The molecule has 2 bridgehead atoms. The minimum absolute atomic E-state index is 0.111. The Bertz CT molecular complexity index is 1110. The van der Waals surface area contributed by atoms with Gasteiger partial charge in [-0.1, -0.05) is 56.5 Å². The quantitative estimate of drug-likeness (QED) is 0.323. The van der Waals surface area contributed by atoms with E-state index in [1.807, 2.05) is 24.3 Å². The molecule has 142 valence electrons. The zero-order chi connectivity index (χ0) is 20.2. The third-order valence-electron chi connectivity index (χ3n) is 5.53. The van der Waals surface area contributed by atoms with Crippen LogP contribution < -0.4 is 9.47 Å². The Labute approximate surface area is 164 Å². The first-order chi connectivity index (χ1) is 13.2. The number of ether oxygens (including phenoxy) is 2. The highest BCUT2D eigenvalue weighted by molar-refractivity contribution is 6.02. The molecule has 4 heteroatoms. The molecule has 4 rings (SSSR count). The Hall–Kier alpha value is -3.14. The predicted molar refractivity (Wildman–Crippen MR) is 109 cm³/mol. The fourth-order valence-corrected chi connectivity index (χ4v) is 4.20. The Morgan fingerprint density at radius 3 is 2.11 bits per heavy atom. The number of allylic oxidation sites excluding steroid dienone is 2. The van der Waals surface area contributed by atoms with Crippen LogP contribution in [0.25, 0.3) is 10.8 Å². The Balaban J connectivity index is 2.04. The highest BCUT2D eigenvalue weighted by Crippen LogP contribution is 2.61. The molecule has 2 aromatic rings. The third kappa shape index (κ3) is 2.60. The molecule has 0 aromatic heterocycles. The summed E-state index contributed by atoms with van der Waals surface area (Å²) >= 11 is 0. The van der Waals surface area contributed by atoms with Gasteiger partial charge in [0.25, 0.3) is 0 Å². The molecule has 0 fully saturated rings. The van der Waals surface area contributed by atoms with Gasteiger partial charge in [-0.3, -0.25) is 0 Å². The van der Waals surface area contributed by atoms with E-state index in [1.54, 1.807) is 13.8 Å². The molecule has 2 aromatic carbocycles. The largest absolute Gasteiger partial charge is 0.422 e. The molecule has 2 atom stereocenters. The maximum atomic E-state index is 12.4. The summed E-state index contributed by atoms with van der Waals surface area (Å²) in [5.74, 6) is 0.250. The maximum Gasteiger partial charge on any atom is 0.338 e. The molecule has 2 aliphatic carbocycles. The van der Waals surface area contributed by atoms with Gasteiger partial charge in [0, 0.05) is 44.4 Å². The first-order valence-electron chi connectivity index (χ1n) is 9.27. The molecular formula is C24H22O4. The minimum atomic E-state index is -0.464. The summed E-state index contributed by atoms with van der Waals surface area (Å²) in [4.78, 5) is 24.7. The average molecular weight is 374 g/mol. The summed E-state index contributed by atoms with van der Waals surface area (Å²) in [6.07, 6.45) is 5.14. The van der Waals surface area contributed by atoms with E-state index in [2.05, 4.69) is 32.2 Å². The van der Waals surface area contributed by atoms with Crippen LogP contribution in [0.2, 0.25) is 0 Å². The van der Waals surface area contributed by atoms with Gasteiger partial charge in [-0.25, -0.2) is 9.59 Å². The number of fused-ring (bicyclic) bond motifs is 6. The fraction of sp³-hybridized carbons (Fsp3) is 0.250. The summed E-state index contributed by atoms with van der Waals surface area (Å²) in [5, 5.41) is 1.48. The van der Waals surface area contributed by atoms with Crippen LogP contribution in [0.4, 0.5) is 0 Å². The molecular weight excluding hydrogens is 352 g/mol. The van der Waals surface area contributed by atoms with Crippen LogP contribution in [-0.2, 0) is 15.0 Å². The minimum Gasteiger partial charge on any atom is -0.422 e. The van der Waals surface area contributed by atoms with Crippen molar-refractivity contribution < 1.29 is 19.1 Å². The molecule has 0 N–H and O–H groups in total. The highest BCUT2D eigenvalue weighted by Gasteiger charge is 2.47. The van der Waals surface area contributed by atoms with Crippen molar-refractivity contribution in [3.63, 3.8) is 0 Å². The zero-order valence-electron chi connectivity index (χ0n) is 16.3. The number of carbonyl (C=O) groups is 2. The fourth-order valence-electron chi connectivity index (χ4n) is 4.20. The maximum absolute atomic E-state index is 12.4. The Morgan fingerprint density at radius 1 is 1.00 bits per heavy atom. The highest BCUT2D eigenvalue weighted by atomic mass is 16.5. The topological polar surface area (TPSA) is 52.6 Å². The van der Waals surface area contributed by atoms with Gasteiger partial charge < -0.3 is 9.47 Å². The van der Waals surface area contributed by atoms with E-state index < -0.39 is 11.9 Å². The van der Waals surface area contributed by atoms with E-state index in [0.717, 1.165) is 28.3 Å². The number of hydrogen-bond acceptors (Lipinski definition) is 4. The molecule has 0 aliphatic heterocycles. The van der Waals surface area contributed by atoms with E-state index in [1.165, 1.54) is 0 Å². The van der Waals surface area contributed by atoms with Crippen molar-refractivity contribution in [2.75, 3.05) is 0 Å². The van der Waals surface area contributed by atoms with Gasteiger partial charge in [0.15, 0.2) is 0 Å². The van der Waals surface area contributed by atoms with Crippen LogP contribution in [0.1, 0.15) is 44.2 Å². The molecule has 0 saturated carbocycles. The van der Waals surface area contributed by atoms with E-state index in [4.69, 9.17) is 9.47 Å². The molecule has 0 amide bonds.